The minimum atomic E-state index is -1.57. The maximum atomic E-state index is 13.0. The lowest BCUT2D eigenvalue weighted by atomic mass is 9.99. The van der Waals surface area contributed by atoms with Gasteiger partial charge in [0.25, 0.3) is 0 Å². The van der Waals surface area contributed by atoms with Crippen LogP contribution in [0.3, 0.4) is 0 Å². The van der Waals surface area contributed by atoms with E-state index in [1.54, 1.807) is 6.08 Å². The number of carbonyl (C=O) groups is 2. The van der Waals surface area contributed by atoms with Crippen molar-refractivity contribution in [3.63, 3.8) is 0 Å². The zero-order valence-electron chi connectivity index (χ0n) is 59.1. The van der Waals surface area contributed by atoms with E-state index in [-0.39, 0.29) is 18.5 Å². The highest BCUT2D eigenvalue weighted by molar-refractivity contribution is 5.76. The van der Waals surface area contributed by atoms with E-state index < -0.39 is 49.5 Å². The standard InChI is InChI=1S/C79H149NO10/c1-3-5-7-9-11-13-14-15-16-41-44-47-51-55-59-63-67-75(84)88-68-64-60-56-52-48-45-42-39-37-35-33-31-29-27-25-23-21-19-17-18-20-22-24-26-28-30-32-34-36-38-40-43-46-50-54-58-62-66-74(83)80-71(72(82)65-61-57-53-49-12-10-8-6-4-2)70-89-79-78(87)77(86)76(85)73(69-81)90-79/h17,19,23,25,61,65,71-73,76-79,81-82,85-87H,3-16,18,20-22,24,26-60,62-64,66-70H2,1-2H3,(H,80,83)/b19-17-,25-23-,65-61+. The third-order valence-corrected chi connectivity index (χ3v) is 18.7. The van der Waals surface area contributed by atoms with Gasteiger partial charge in [-0.1, -0.05) is 352 Å². The van der Waals surface area contributed by atoms with Gasteiger partial charge in [-0.25, -0.2) is 0 Å². The number of ether oxygens (including phenoxy) is 3. The van der Waals surface area contributed by atoms with Crippen LogP contribution in [-0.2, 0) is 23.8 Å². The number of hydrogen-bond acceptors (Lipinski definition) is 10. The Morgan fingerprint density at radius 2 is 0.744 bits per heavy atom. The predicted molar refractivity (Wildman–Crippen MR) is 380 cm³/mol. The second kappa shape index (κ2) is 68.3. The van der Waals surface area contributed by atoms with Gasteiger partial charge in [0, 0.05) is 12.8 Å². The number of carbonyl (C=O) groups excluding carboxylic acids is 2. The minimum Gasteiger partial charge on any atom is -0.466 e. The summed E-state index contributed by atoms with van der Waals surface area (Å²) in [6.45, 7) is 4.36. The highest BCUT2D eigenvalue weighted by Gasteiger charge is 2.44. The van der Waals surface area contributed by atoms with Gasteiger partial charge in [-0.05, 0) is 64.2 Å². The van der Waals surface area contributed by atoms with E-state index in [4.69, 9.17) is 14.2 Å². The Morgan fingerprint density at radius 1 is 0.411 bits per heavy atom. The molecule has 1 fully saturated rings. The summed E-state index contributed by atoms with van der Waals surface area (Å²) in [5, 5.41) is 54.3. The Bertz CT molecular complexity index is 1590. The van der Waals surface area contributed by atoms with Gasteiger partial charge in [-0.2, -0.15) is 0 Å². The molecule has 0 aromatic heterocycles. The van der Waals surface area contributed by atoms with Gasteiger partial charge in [0.2, 0.25) is 5.91 Å². The molecule has 1 saturated heterocycles. The van der Waals surface area contributed by atoms with Crippen molar-refractivity contribution in [3.8, 4) is 0 Å². The molecule has 1 amide bonds. The number of rotatable bonds is 70. The zero-order valence-corrected chi connectivity index (χ0v) is 59.1. The molecule has 1 aliphatic rings. The monoisotopic (exact) mass is 1270 g/mol. The molecule has 0 aliphatic carbocycles. The summed E-state index contributed by atoms with van der Waals surface area (Å²) in [5.74, 6) is -0.163. The molecule has 1 rings (SSSR count). The molecule has 0 saturated carbocycles. The van der Waals surface area contributed by atoms with Gasteiger partial charge in [-0.3, -0.25) is 9.59 Å². The molecule has 90 heavy (non-hydrogen) atoms. The molecule has 0 aromatic carbocycles. The lowest BCUT2D eigenvalue weighted by Crippen LogP contribution is -2.60. The first-order valence-corrected chi connectivity index (χ1v) is 39.3. The van der Waals surface area contributed by atoms with Crippen LogP contribution in [0.1, 0.15) is 393 Å². The Kier molecular flexibility index (Phi) is 65.2. The van der Waals surface area contributed by atoms with Crippen molar-refractivity contribution in [2.24, 2.45) is 0 Å². The largest absolute Gasteiger partial charge is 0.466 e. The van der Waals surface area contributed by atoms with Gasteiger partial charge >= 0.3 is 5.97 Å². The van der Waals surface area contributed by atoms with E-state index >= 15 is 0 Å². The molecule has 7 atom stereocenters. The number of aliphatic hydroxyl groups excluding tert-OH is 5. The first-order valence-electron chi connectivity index (χ1n) is 39.3. The fourth-order valence-corrected chi connectivity index (χ4v) is 12.6. The fraction of sp³-hybridized carbons (Fsp3) is 0.899. The molecule has 7 unspecified atom stereocenters. The first-order chi connectivity index (χ1) is 44.2. The SMILES string of the molecule is CCCCCCCCC/C=C/C(O)C(COC1OC(CO)C(O)C(O)C1O)NC(=O)CCCCCCCCCCCCCCCCCCC/C=C\C/C=C\CCCCCCCCCCCCCCCOC(=O)CCCCCCCCCCCCCCCCCC. The Labute approximate surface area is 555 Å². The van der Waals surface area contributed by atoms with Gasteiger partial charge < -0.3 is 45.1 Å². The molecule has 11 nitrogen and oxygen atoms in total. The molecule has 0 bridgehead atoms. The topological polar surface area (TPSA) is 175 Å². The van der Waals surface area contributed by atoms with Gasteiger partial charge in [0.1, 0.15) is 24.4 Å². The summed E-state index contributed by atoms with van der Waals surface area (Å²) in [6, 6.07) is -0.806. The van der Waals surface area contributed by atoms with Crippen molar-refractivity contribution in [2.45, 2.75) is 436 Å². The quantitative estimate of drug-likeness (QED) is 0.0195. The number of allylic oxidation sites excluding steroid dienone is 5. The summed E-state index contributed by atoms with van der Waals surface area (Å²) in [7, 11) is 0. The molecule has 0 spiro atoms. The molecule has 0 radical (unpaired) electrons. The van der Waals surface area contributed by atoms with Crippen LogP contribution >= 0.6 is 0 Å². The Balaban J connectivity index is 1.87. The maximum absolute atomic E-state index is 13.0. The number of aliphatic hydroxyl groups is 5. The summed E-state index contributed by atoms with van der Waals surface area (Å²) in [6.07, 6.45) is 79.1. The van der Waals surface area contributed by atoms with Crippen molar-refractivity contribution in [1.29, 1.82) is 0 Å². The average molecular weight is 1270 g/mol. The fourth-order valence-electron chi connectivity index (χ4n) is 12.6. The summed E-state index contributed by atoms with van der Waals surface area (Å²) >= 11 is 0. The van der Waals surface area contributed by atoms with E-state index in [2.05, 4.69) is 43.5 Å². The molecule has 530 valence electrons. The van der Waals surface area contributed by atoms with Crippen LogP contribution in [0.15, 0.2) is 36.5 Å². The van der Waals surface area contributed by atoms with Crippen molar-refractivity contribution >= 4 is 11.9 Å². The number of amides is 1. The average Bonchev–Trinajstić information content (AvgIpc) is 0.988. The molecule has 1 aliphatic heterocycles. The molecule has 11 heteroatoms. The third kappa shape index (κ3) is 56.2. The van der Waals surface area contributed by atoms with Gasteiger partial charge in [0.05, 0.1) is 32.0 Å². The van der Waals surface area contributed by atoms with E-state index in [1.165, 1.54) is 308 Å². The van der Waals surface area contributed by atoms with E-state index in [1.807, 2.05) is 6.08 Å². The molecule has 6 N–H and O–H groups in total. The second-order valence-electron chi connectivity index (χ2n) is 27.4. The maximum Gasteiger partial charge on any atom is 0.305 e. The smallest absolute Gasteiger partial charge is 0.305 e. The number of esters is 1. The lowest BCUT2D eigenvalue weighted by molar-refractivity contribution is -0.302. The summed E-state index contributed by atoms with van der Waals surface area (Å²) in [4.78, 5) is 25.1. The normalized spacial score (nSPS) is 17.8. The van der Waals surface area contributed by atoms with Gasteiger partial charge in [0.15, 0.2) is 6.29 Å². The second-order valence-corrected chi connectivity index (χ2v) is 27.4. The van der Waals surface area contributed by atoms with Crippen molar-refractivity contribution < 1.29 is 49.3 Å². The molecular weight excluding hydrogens is 1120 g/mol. The third-order valence-electron chi connectivity index (χ3n) is 18.7. The van der Waals surface area contributed by atoms with Crippen LogP contribution in [0.4, 0.5) is 0 Å². The van der Waals surface area contributed by atoms with Crippen LogP contribution in [-0.4, -0.2) is 100 Å². The highest BCUT2D eigenvalue weighted by Crippen LogP contribution is 2.24. The summed E-state index contributed by atoms with van der Waals surface area (Å²) in [5.41, 5.74) is 0. The highest BCUT2D eigenvalue weighted by atomic mass is 16.7. The van der Waals surface area contributed by atoms with E-state index in [9.17, 15) is 35.1 Å². The minimum absolute atomic E-state index is 0.0166. The summed E-state index contributed by atoms with van der Waals surface area (Å²) < 4.78 is 16.7. The van der Waals surface area contributed by atoms with E-state index in [0.717, 1.165) is 57.8 Å². The van der Waals surface area contributed by atoms with Crippen molar-refractivity contribution in [1.82, 2.24) is 5.32 Å². The predicted octanol–water partition coefficient (Wildman–Crippen LogP) is 20.9. The van der Waals surface area contributed by atoms with Crippen LogP contribution in [0.25, 0.3) is 0 Å². The molecule has 1 heterocycles. The number of unbranched alkanes of at least 4 members (excludes halogenated alkanes) is 52. The van der Waals surface area contributed by atoms with E-state index in [0.29, 0.717) is 19.4 Å². The van der Waals surface area contributed by atoms with Crippen molar-refractivity contribution in [3.05, 3.63) is 36.5 Å². The van der Waals surface area contributed by atoms with Crippen LogP contribution in [0.5, 0.6) is 0 Å². The molecule has 0 aromatic rings. The van der Waals surface area contributed by atoms with Crippen LogP contribution in [0, 0.1) is 0 Å². The van der Waals surface area contributed by atoms with Gasteiger partial charge in [-0.15, -0.1) is 0 Å². The van der Waals surface area contributed by atoms with Crippen LogP contribution < -0.4 is 5.32 Å². The Hall–Kier alpha value is -2.12. The first kappa shape index (κ1) is 85.9. The zero-order chi connectivity index (χ0) is 65.1. The Morgan fingerprint density at radius 3 is 1.12 bits per heavy atom. The number of nitrogens with one attached hydrogen (secondary N) is 1. The van der Waals surface area contributed by atoms with Crippen molar-refractivity contribution in [2.75, 3.05) is 19.8 Å². The lowest BCUT2D eigenvalue weighted by Gasteiger charge is -2.40. The number of hydrogen-bond donors (Lipinski definition) is 6. The molecular formula is C79H149NO10. The van der Waals surface area contributed by atoms with Crippen LogP contribution in [0.2, 0.25) is 0 Å².